The Kier molecular flexibility index (Phi) is 8.60. The average Bonchev–Trinajstić information content (AvgIpc) is 2.92. The Morgan fingerprint density at radius 3 is 2.74 bits per heavy atom. The van der Waals surface area contributed by atoms with Crippen molar-refractivity contribution in [3.63, 3.8) is 0 Å². The molecule has 0 aromatic heterocycles. The molecule has 23 heavy (non-hydrogen) atoms. The fourth-order valence-corrected chi connectivity index (χ4v) is 2.36. The van der Waals surface area contributed by atoms with Gasteiger partial charge in [-0.25, -0.2) is 9.38 Å². The standard InChI is InChI=1S/C16H24FN3O2.HI/c1-3-18-16(20-9-8-14(21)11-20)19-10-12(2)22-15-6-4-13(17)5-7-15;/h4-7,12,14,21H,3,8-11H2,1-2H3,(H,18,19);1H/t12?,14-;/m1./s1. The maximum atomic E-state index is 12.9. The van der Waals surface area contributed by atoms with Crippen LogP contribution in [0.25, 0.3) is 0 Å². The fraction of sp³-hybridized carbons (Fsp3) is 0.562. The van der Waals surface area contributed by atoms with Gasteiger partial charge in [-0.2, -0.15) is 0 Å². The van der Waals surface area contributed by atoms with Gasteiger partial charge < -0.3 is 20.1 Å². The van der Waals surface area contributed by atoms with E-state index >= 15 is 0 Å². The number of aliphatic hydroxyl groups excluding tert-OH is 1. The SMILES string of the molecule is CCNC(=NCC(C)Oc1ccc(F)cc1)N1CC[C@@H](O)C1.I. The lowest BCUT2D eigenvalue weighted by molar-refractivity contribution is 0.187. The summed E-state index contributed by atoms with van der Waals surface area (Å²) in [4.78, 5) is 6.62. The second-order valence-corrected chi connectivity index (χ2v) is 5.47. The smallest absolute Gasteiger partial charge is 0.194 e. The highest BCUT2D eigenvalue weighted by molar-refractivity contribution is 14.0. The molecule has 0 spiro atoms. The first-order chi connectivity index (χ1) is 10.6. The molecule has 2 atom stereocenters. The zero-order valence-electron chi connectivity index (χ0n) is 13.5. The summed E-state index contributed by atoms with van der Waals surface area (Å²) in [6, 6.07) is 5.97. The van der Waals surface area contributed by atoms with Crippen molar-refractivity contribution in [1.29, 1.82) is 0 Å². The topological polar surface area (TPSA) is 57.1 Å². The third-order valence-corrected chi connectivity index (χ3v) is 3.45. The molecule has 1 aliphatic heterocycles. The summed E-state index contributed by atoms with van der Waals surface area (Å²) in [5, 5.41) is 12.9. The van der Waals surface area contributed by atoms with Gasteiger partial charge in [0.25, 0.3) is 0 Å². The predicted octanol–water partition coefficient (Wildman–Crippen LogP) is 2.24. The number of ether oxygens (including phenoxy) is 1. The van der Waals surface area contributed by atoms with E-state index in [2.05, 4.69) is 15.2 Å². The van der Waals surface area contributed by atoms with Gasteiger partial charge >= 0.3 is 0 Å². The number of halogens is 2. The van der Waals surface area contributed by atoms with Crippen LogP contribution in [0.4, 0.5) is 4.39 Å². The molecule has 1 fully saturated rings. The Labute approximate surface area is 153 Å². The zero-order chi connectivity index (χ0) is 15.9. The third-order valence-electron chi connectivity index (χ3n) is 3.45. The van der Waals surface area contributed by atoms with E-state index in [1.807, 2.05) is 13.8 Å². The highest BCUT2D eigenvalue weighted by Crippen LogP contribution is 2.13. The minimum absolute atomic E-state index is 0. The molecular formula is C16H25FIN3O2. The minimum Gasteiger partial charge on any atom is -0.489 e. The van der Waals surface area contributed by atoms with Crippen molar-refractivity contribution in [2.75, 3.05) is 26.2 Å². The van der Waals surface area contributed by atoms with Crippen LogP contribution >= 0.6 is 24.0 Å². The minimum atomic E-state index is -0.281. The highest BCUT2D eigenvalue weighted by Gasteiger charge is 2.22. The molecule has 2 rings (SSSR count). The van der Waals surface area contributed by atoms with E-state index in [0.29, 0.717) is 18.8 Å². The average molecular weight is 437 g/mol. The molecular weight excluding hydrogens is 412 g/mol. The normalized spacial score (nSPS) is 19.2. The number of nitrogens with zero attached hydrogens (tertiary/aromatic N) is 2. The first-order valence-corrected chi connectivity index (χ1v) is 7.72. The molecule has 0 bridgehead atoms. The van der Waals surface area contributed by atoms with Crippen molar-refractivity contribution in [2.45, 2.75) is 32.5 Å². The number of rotatable bonds is 5. The quantitative estimate of drug-likeness (QED) is 0.422. The maximum absolute atomic E-state index is 12.9. The Bertz CT molecular complexity index is 499. The van der Waals surface area contributed by atoms with Crippen LogP contribution in [0, 0.1) is 5.82 Å². The number of benzene rings is 1. The molecule has 0 radical (unpaired) electrons. The molecule has 7 heteroatoms. The second-order valence-electron chi connectivity index (χ2n) is 5.47. The van der Waals surface area contributed by atoms with Crippen molar-refractivity contribution >= 4 is 29.9 Å². The van der Waals surface area contributed by atoms with Crippen molar-refractivity contribution in [2.24, 2.45) is 4.99 Å². The van der Waals surface area contributed by atoms with Crippen LogP contribution in [0.15, 0.2) is 29.3 Å². The van der Waals surface area contributed by atoms with Crippen LogP contribution in [0.2, 0.25) is 0 Å². The molecule has 2 N–H and O–H groups in total. The number of guanidine groups is 1. The molecule has 0 aliphatic carbocycles. The van der Waals surface area contributed by atoms with Crippen molar-refractivity contribution in [3.8, 4) is 5.75 Å². The number of likely N-dealkylation sites (tertiary alicyclic amines) is 1. The summed E-state index contributed by atoms with van der Waals surface area (Å²) in [5.41, 5.74) is 0. The molecule has 1 aromatic rings. The van der Waals surface area contributed by atoms with Gasteiger partial charge in [-0.3, -0.25) is 0 Å². The summed E-state index contributed by atoms with van der Waals surface area (Å²) < 4.78 is 18.6. The molecule has 1 heterocycles. The molecule has 130 valence electrons. The van der Waals surface area contributed by atoms with Crippen molar-refractivity contribution < 1.29 is 14.2 Å². The van der Waals surface area contributed by atoms with Crippen LogP contribution in [0.3, 0.4) is 0 Å². The van der Waals surface area contributed by atoms with Crippen LogP contribution in [-0.2, 0) is 0 Å². The van der Waals surface area contributed by atoms with Gasteiger partial charge in [0.1, 0.15) is 17.7 Å². The summed E-state index contributed by atoms with van der Waals surface area (Å²) >= 11 is 0. The molecule has 1 unspecified atom stereocenters. The third kappa shape index (κ3) is 6.50. The lowest BCUT2D eigenvalue weighted by Gasteiger charge is -2.22. The highest BCUT2D eigenvalue weighted by atomic mass is 127. The summed E-state index contributed by atoms with van der Waals surface area (Å²) in [6.45, 7) is 6.62. The summed E-state index contributed by atoms with van der Waals surface area (Å²) in [7, 11) is 0. The summed E-state index contributed by atoms with van der Waals surface area (Å²) in [5.74, 6) is 1.15. The van der Waals surface area contributed by atoms with E-state index in [-0.39, 0.29) is 42.0 Å². The Balaban J connectivity index is 0.00000264. The van der Waals surface area contributed by atoms with Gasteiger partial charge in [-0.05, 0) is 44.5 Å². The van der Waals surface area contributed by atoms with Gasteiger partial charge in [-0.15, -0.1) is 24.0 Å². The van der Waals surface area contributed by atoms with Crippen molar-refractivity contribution in [1.82, 2.24) is 10.2 Å². The van der Waals surface area contributed by atoms with Gasteiger partial charge in [-0.1, -0.05) is 0 Å². The lowest BCUT2D eigenvalue weighted by Crippen LogP contribution is -2.41. The number of aliphatic imine (C=N–C) groups is 1. The van der Waals surface area contributed by atoms with E-state index in [0.717, 1.165) is 25.5 Å². The Morgan fingerprint density at radius 1 is 1.48 bits per heavy atom. The van der Waals surface area contributed by atoms with Gasteiger partial charge in [0.15, 0.2) is 5.96 Å². The van der Waals surface area contributed by atoms with E-state index < -0.39 is 0 Å². The molecule has 1 saturated heterocycles. The van der Waals surface area contributed by atoms with Gasteiger partial charge in [0.05, 0.1) is 12.6 Å². The second kappa shape index (κ2) is 9.92. The Morgan fingerprint density at radius 2 is 2.17 bits per heavy atom. The van der Waals surface area contributed by atoms with Crippen LogP contribution < -0.4 is 10.1 Å². The van der Waals surface area contributed by atoms with E-state index in [4.69, 9.17) is 4.74 Å². The number of hydrogen-bond acceptors (Lipinski definition) is 3. The first kappa shape index (κ1) is 20.0. The van der Waals surface area contributed by atoms with Crippen LogP contribution in [-0.4, -0.2) is 54.4 Å². The molecule has 5 nitrogen and oxygen atoms in total. The molecule has 0 saturated carbocycles. The monoisotopic (exact) mass is 437 g/mol. The Hall–Kier alpha value is -1.09. The van der Waals surface area contributed by atoms with Gasteiger partial charge in [0, 0.05) is 19.6 Å². The van der Waals surface area contributed by atoms with Crippen LogP contribution in [0.5, 0.6) is 5.75 Å². The van der Waals surface area contributed by atoms with E-state index in [1.165, 1.54) is 12.1 Å². The predicted molar refractivity (Wildman–Crippen MR) is 100 cm³/mol. The zero-order valence-corrected chi connectivity index (χ0v) is 15.9. The maximum Gasteiger partial charge on any atom is 0.194 e. The number of hydrogen-bond donors (Lipinski definition) is 2. The molecule has 1 aromatic carbocycles. The van der Waals surface area contributed by atoms with Gasteiger partial charge in [0.2, 0.25) is 0 Å². The fourth-order valence-electron chi connectivity index (χ4n) is 2.36. The first-order valence-electron chi connectivity index (χ1n) is 7.72. The number of β-amino-alcohol motifs (C(OH)–C–C–N with tert-alkyl or cyclic N) is 1. The van der Waals surface area contributed by atoms with Crippen molar-refractivity contribution in [3.05, 3.63) is 30.1 Å². The largest absolute Gasteiger partial charge is 0.489 e. The lowest BCUT2D eigenvalue weighted by atomic mass is 10.3. The van der Waals surface area contributed by atoms with E-state index in [9.17, 15) is 9.50 Å². The van der Waals surface area contributed by atoms with E-state index in [1.54, 1.807) is 12.1 Å². The summed E-state index contributed by atoms with van der Waals surface area (Å²) in [6.07, 6.45) is 0.370. The molecule has 1 aliphatic rings. The van der Waals surface area contributed by atoms with Crippen LogP contribution in [0.1, 0.15) is 20.3 Å². The number of aliphatic hydroxyl groups is 1. The molecule has 0 amide bonds. The number of nitrogens with one attached hydrogen (secondary N) is 1.